The molecule has 20 heavy (non-hydrogen) atoms. The second-order valence-electron chi connectivity index (χ2n) is 4.11. The maximum atomic E-state index is 12.7. The molecule has 1 rings (SSSR count). The van der Waals surface area contributed by atoms with Gasteiger partial charge in [-0.1, -0.05) is 12.1 Å². The van der Waals surface area contributed by atoms with Gasteiger partial charge in [-0.3, -0.25) is 4.79 Å². The van der Waals surface area contributed by atoms with E-state index in [0.29, 0.717) is 0 Å². The third kappa shape index (κ3) is 4.49. The number of rotatable bonds is 4. The number of halogens is 3. The van der Waals surface area contributed by atoms with E-state index >= 15 is 0 Å². The van der Waals surface area contributed by atoms with Crippen molar-refractivity contribution in [3.05, 3.63) is 29.8 Å². The van der Waals surface area contributed by atoms with Gasteiger partial charge in [0, 0.05) is 7.05 Å². The highest BCUT2D eigenvalue weighted by Gasteiger charge is 2.33. The zero-order chi connectivity index (χ0) is 15.6. The fourth-order valence-corrected chi connectivity index (χ4v) is 1.70. The van der Waals surface area contributed by atoms with Gasteiger partial charge in [0.1, 0.15) is 0 Å². The summed E-state index contributed by atoms with van der Waals surface area (Å²) in [6, 6.07) is 4.46. The van der Waals surface area contributed by atoms with Gasteiger partial charge in [-0.05, 0) is 12.1 Å². The van der Waals surface area contributed by atoms with Crippen LogP contribution in [0.15, 0.2) is 24.3 Å². The number of sulfonamides is 1. The van der Waals surface area contributed by atoms with Crippen LogP contribution in [0.5, 0.6) is 0 Å². The lowest BCUT2D eigenvalue weighted by molar-refractivity contribution is -0.137. The Labute approximate surface area is 114 Å². The molecule has 1 aromatic rings. The number of nitrogens with one attached hydrogen (secondary N) is 1. The second kappa shape index (κ2) is 5.80. The molecule has 1 N–H and O–H groups in total. The minimum Gasteiger partial charge on any atom is -0.324 e. The maximum absolute atomic E-state index is 12.7. The third-order valence-electron chi connectivity index (χ3n) is 2.44. The molecule has 0 aliphatic rings. The fraction of sp³-hybridized carbons (Fsp3) is 0.364. The molecule has 0 aromatic heterocycles. The van der Waals surface area contributed by atoms with Gasteiger partial charge in [0.05, 0.1) is 24.1 Å². The van der Waals surface area contributed by atoms with Crippen LogP contribution >= 0.6 is 0 Å². The van der Waals surface area contributed by atoms with Gasteiger partial charge in [0.15, 0.2) is 0 Å². The molecule has 5 nitrogen and oxygen atoms in total. The van der Waals surface area contributed by atoms with E-state index in [1.807, 2.05) is 0 Å². The van der Waals surface area contributed by atoms with Gasteiger partial charge in [-0.2, -0.15) is 17.5 Å². The van der Waals surface area contributed by atoms with E-state index in [1.54, 1.807) is 0 Å². The van der Waals surface area contributed by atoms with Crippen molar-refractivity contribution < 1.29 is 26.4 Å². The lowest BCUT2D eigenvalue weighted by Crippen LogP contribution is -2.34. The number of benzene rings is 1. The average Bonchev–Trinajstić information content (AvgIpc) is 2.26. The molecule has 0 bridgehead atoms. The van der Waals surface area contributed by atoms with E-state index in [-0.39, 0.29) is 0 Å². The Balaban J connectivity index is 2.87. The standard InChI is InChI=1S/C11H13F3N2O3S/c1-16(20(2,18)19)7-10(17)15-9-6-4-3-5-8(9)11(12,13)14/h3-6H,7H2,1-2H3,(H,15,17). The van der Waals surface area contributed by atoms with Gasteiger partial charge < -0.3 is 5.32 Å². The van der Waals surface area contributed by atoms with E-state index in [4.69, 9.17) is 0 Å². The quantitative estimate of drug-likeness (QED) is 0.917. The highest BCUT2D eigenvalue weighted by atomic mass is 32.2. The van der Waals surface area contributed by atoms with Crippen LogP contribution in [0.25, 0.3) is 0 Å². The molecule has 0 aliphatic carbocycles. The Morgan fingerprint density at radius 3 is 2.35 bits per heavy atom. The first-order valence-corrected chi connectivity index (χ1v) is 7.24. The first-order valence-electron chi connectivity index (χ1n) is 5.39. The summed E-state index contributed by atoms with van der Waals surface area (Å²) in [6.07, 6.45) is -3.71. The summed E-state index contributed by atoms with van der Waals surface area (Å²) in [5.74, 6) is -0.852. The smallest absolute Gasteiger partial charge is 0.324 e. The first kappa shape index (κ1) is 16.4. The molecule has 0 radical (unpaired) electrons. The van der Waals surface area contributed by atoms with E-state index in [2.05, 4.69) is 5.32 Å². The minimum absolute atomic E-state index is 0.410. The van der Waals surface area contributed by atoms with Crippen molar-refractivity contribution in [3.8, 4) is 0 Å². The number of nitrogens with zero attached hydrogens (tertiary/aromatic N) is 1. The highest BCUT2D eigenvalue weighted by molar-refractivity contribution is 7.88. The number of anilines is 1. The SMILES string of the molecule is CN(CC(=O)Nc1ccccc1C(F)(F)F)S(C)(=O)=O. The van der Waals surface area contributed by atoms with Crippen LogP contribution in [0.4, 0.5) is 18.9 Å². The summed E-state index contributed by atoms with van der Waals surface area (Å²) >= 11 is 0. The third-order valence-corrected chi connectivity index (χ3v) is 3.70. The van der Waals surface area contributed by atoms with Crippen LogP contribution in [0, 0.1) is 0 Å². The Morgan fingerprint density at radius 1 is 1.30 bits per heavy atom. The van der Waals surface area contributed by atoms with Crippen molar-refractivity contribution in [2.75, 3.05) is 25.2 Å². The predicted octanol–water partition coefficient (Wildman–Crippen LogP) is 1.54. The Kier molecular flexibility index (Phi) is 4.77. The van der Waals surface area contributed by atoms with Crippen molar-refractivity contribution in [2.24, 2.45) is 0 Å². The molecular weight excluding hydrogens is 297 g/mol. The normalized spacial score (nSPS) is 12.5. The molecule has 0 atom stereocenters. The van der Waals surface area contributed by atoms with Gasteiger partial charge in [-0.15, -0.1) is 0 Å². The Hall–Kier alpha value is -1.61. The van der Waals surface area contributed by atoms with Crippen LogP contribution in [0.2, 0.25) is 0 Å². The van der Waals surface area contributed by atoms with Crippen molar-refractivity contribution in [1.29, 1.82) is 0 Å². The van der Waals surface area contributed by atoms with Crippen molar-refractivity contribution in [3.63, 3.8) is 0 Å². The minimum atomic E-state index is -4.60. The monoisotopic (exact) mass is 310 g/mol. The van der Waals surface area contributed by atoms with E-state index in [9.17, 15) is 26.4 Å². The lowest BCUT2D eigenvalue weighted by atomic mass is 10.1. The zero-order valence-electron chi connectivity index (χ0n) is 10.7. The number of carbonyl (C=O) groups excluding carboxylic acids is 1. The molecule has 0 aliphatic heterocycles. The molecule has 112 valence electrons. The largest absolute Gasteiger partial charge is 0.418 e. The number of hydrogen-bond donors (Lipinski definition) is 1. The predicted molar refractivity (Wildman–Crippen MR) is 67.5 cm³/mol. The number of carbonyl (C=O) groups is 1. The van der Waals surface area contributed by atoms with Crippen molar-refractivity contribution in [1.82, 2.24) is 4.31 Å². The molecular formula is C11H13F3N2O3S. The number of hydrogen-bond acceptors (Lipinski definition) is 3. The molecule has 0 saturated carbocycles. The molecule has 0 saturated heterocycles. The first-order chi connectivity index (χ1) is 9.01. The van der Waals surface area contributed by atoms with Gasteiger partial charge in [0.2, 0.25) is 15.9 Å². The van der Waals surface area contributed by atoms with Crippen molar-refractivity contribution in [2.45, 2.75) is 6.18 Å². The number of amides is 1. The molecule has 0 unspecified atom stereocenters. The lowest BCUT2D eigenvalue weighted by Gasteiger charge is -2.16. The Morgan fingerprint density at radius 2 is 1.85 bits per heavy atom. The summed E-state index contributed by atoms with van der Waals surface area (Å²) in [5, 5.41) is 2.06. The zero-order valence-corrected chi connectivity index (χ0v) is 11.5. The van der Waals surface area contributed by atoms with Crippen LogP contribution in [-0.2, 0) is 21.0 Å². The maximum Gasteiger partial charge on any atom is 0.418 e. The Bertz CT molecular complexity index is 599. The van der Waals surface area contributed by atoms with Gasteiger partial charge in [-0.25, -0.2) is 8.42 Å². The number of para-hydroxylation sites is 1. The van der Waals surface area contributed by atoms with E-state index in [0.717, 1.165) is 29.7 Å². The molecule has 1 aromatic carbocycles. The van der Waals surface area contributed by atoms with Crippen LogP contribution in [0.3, 0.4) is 0 Å². The van der Waals surface area contributed by atoms with Crippen LogP contribution in [0.1, 0.15) is 5.56 Å². The van der Waals surface area contributed by atoms with Gasteiger partial charge >= 0.3 is 6.18 Å². The number of alkyl halides is 3. The molecule has 0 fully saturated rings. The van der Waals surface area contributed by atoms with E-state index in [1.165, 1.54) is 12.1 Å². The molecule has 0 spiro atoms. The van der Waals surface area contributed by atoms with Crippen LogP contribution < -0.4 is 5.32 Å². The van der Waals surface area contributed by atoms with Crippen molar-refractivity contribution >= 4 is 21.6 Å². The summed E-state index contributed by atoms with van der Waals surface area (Å²) < 4.78 is 61.0. The fourth-order valence-electron chi connectivity index (χ4n) is 1.35. The number of likely N-dealkylation sites (N-methyl/N-ethyl adjacent to an activating group) is 1. The molecule has 9 heteroatoms. The van der Waals surface area contributed by atoms with E-state index < -0.39 is 39.9 Å². The topological polar surface area (TPSA) is 66.5 Å². The summed E-state index contributed by atoms with van der Waals surface area (Å²) in [4.78, 5) is 11.6. The van der Waals surface area contributed by atoms with Gasteiger partial charge in [0.25, 0.3) is 0 Å². The summed E-state index contributed by atoms with van der Waals surface area (Å²) in [6.45, 7) is -0.564. The summed E-state index contributed by atoms with van der Waals surface area (Å²) in [5.41, 5.74) is -1.40. The van der Waals surface area contributed by atoms with Crippen LogP contribution in [-0.4, -0.2) is 38.5 Å². The molecule has 0 heterocycles. The summed E-state index contributed by atoms with van der Waals surface area (Å²) in [7, 11) is -2.42. The highest BCUT2D eigenvalue weighted by Crippen LogP contribution is 2.34. The second-order valence-corrected chi connectivity index (χ2v) is 6.20. The molecule has 1 amide bonds. The average molecular weight is 310 g/mol.